The van der Waals surface area contributed by atoms with Gasteiger partial charge in [0.25, 0.3) is 0 Å². The lowest BCUT2D eigenvalue weighted by molar-refractivity contribution is 0.273. The van der Waals surface area contributed by atoms with Gasteiger partial charge < -0.3 is 9.88 Å². The molecule has 0 bridgehead atoms. The summed E-state index contributed by atoms with van der Waals surface area (Å²) < 4.78 is 2.32. The van der Waals surface area contributed by atoms with Crippen molar-refractivity contribution in [2.24, 2.45) is 11.8 Å². The molecule has 2 rings (SSSR count). The second-order valence-electron chi connectivity index (χ2n) is 5.55. The van der Waals surface area contributed by atoms with Gasteiger partial charge in [0.2, 0.25) is 0 Å². The molecule has 17 heavy (non-hydrogen) atoms. The monoisotopic (exact) mass is 234 g/mol. The molecule has 2 atom stereocenters. The highest BCUT2D eigenvalue weighted by molar-refractivity contribution is 5.06. The maximum atomic E-state index is 3.63. The number of aryl methyl sites for hydroxylation is 1. The van der Waals surface area contributed by atoms with E-state index in [1.807, 2.05) is 0 Å². The molecule has 1 saturated carbocycles. The van der Waals surface area contributed by atoms with Gasteiger partial charge in [-0.05, 0) is 50.3 Å². The average molecular weight is 234 g/mol. The molecule has 1 aliphatic carbocycles. The fourth-order valence-electron chi connectivity index (χ4n) is 3.07. The van der Waals surface area contributed by atoms with Crippen LogP contribution in [-0.2, 0) is 13.1 Å². The van der Waals surface area contributed by atoms with Gasteiger partial charge in [0, 0.05) is 25.0 Å². The molecule has 1 aromatic heterocycles. The summed E-state index contributed by atoms with van der Waals surface area (Å²) >= 11 is 0. The van der Waals surface area contributed by atoms with Gasteiger partial charge in [-0.2, -0.15) is 0 Å². The second kappa shape index (κ2) is 6.25. The van der Waals surface area contributed by atoms with Crippen LogP contribution in [0.25, 0.3) is 0 Å². The zero-order chi connectivity index (χ0) is 12.1. The van der Waals surface area contributed by atoms with Crippen LogP contribution in [0.2, 0.25) is 0 Å². The van der Waals surface area contributed by atoms with Crippen molar-refractivity contribution in [3.05, 3.63) is 24.0 Å². The van der Waals surface area contributed by atoms with Crippen LogP contribution in [0, 0.1) is 11.8 Å². The molecule has 1 heterocycles. The Morgan fingerprint density at radius 2 is 2.29 bits per heavy atom. The summed E-state index contributed by atoms with van der Waals surface area (Å²) in [6.45, 7) is 7.89. The van der Waals surface area contributed by atoms with Gasteiger partial charge in [0.15, 0.2) is 0 Å². The summed E-state index contributed by atoms with van der Waals surface area (Å²) in [7, 11) is 0. The van der Waals surface area contributed by atoms with E-state index < -0.39 is 0 Å². The largest absolute Gasteiger partial charge is 0.351 e. The fourth-order valence-corrected chi connectivity index (χ4v) is 3.07. The van der Waals surface area contributed by atoms with Crippen LogP contribution in [0.15, 0.2) is 18.3 Å². The highest BCUT2D eigenvalue weighted by atomic mass is 15.0. The quantitative estimate of drug-likeness (QED) is 0.826. The van der Waals surface area contributed by atoms with Crippen LogP contribution in [-0.4, -0.2) is 11.1 Å². The molecule has 0 aromatic carbocycles. The molecule has 1 fully saturated rings. The van der Waals surface area contributed by atoms with Crippen molar-refractivity contribution in [1.82, 2.24) is 9.88 Å². The van der Waals surface area contributed by atoms with Crippen molar-refractivity contribution in [1.29, 1.82) is 0 Å². The number of rotatable bonds is 5. The highest BCUT2D eigenvalue weighted by Gasteiger charge is 2.18. The first-order valence-electron chi connectivity index (χ1n) is 7.14. The van der Waals surface area contributed by atoms with E-state index in [0.29, 0.717) is 0 Å². The minimum Gasteiger partial charge on any atom is -0.351 e. The van der Waals surface area contributed by atoms with Crippen molar-refractivity contribution in [3.63, 3.8) is 0 Å². The Kier molecular flexibility index (Phi) is 4.66. The third-order valence-corrected chi connectivity index (χ3v) is 4.05. The van der Waals surface area contributed by atoms with Crippen molar-refractivity contribution >= 4 is 0 Å². The minimum atomic E-state index is 0.906. The second-order valence-corrected chi connectivity index (χ2v) is 5.55. The first kappa shape index (κ1) is 12.7. The molecule has 1 N–H and O–H groups in total. The predicted molar refractivity (Wildman–Crippen MR) is 72.9 cm³/mol. The number of nitrogens with one attached hydrogen (secondary N) is 1. The SMILES string of the molecule is CCn1cccc1CNCC1CCCC(C)C1. The summed E-state index contributed by atoms with van der Waals surface area (Å²) in [5, 5.41) is 3.63. The van der Waals surface area contributed by atoms with Crippen molar-refractivity contribution in [2.75, 3.05) is 6.54 Å². The van der Waals surface area contributed by atoms with Crippen molar-refractivity contribution in [3.8, 4) is 0 Å². The molecular weight excluding hydrogens is 208 g/mol. The maximum Gasteiger partial charge on any atom is 0.0359 e. The molecule has 2 unspecified atom stereocenters. The van der Waals surface area contributed by atoms with Crippen LogP contribution < -0.4 is 5.32 Å². The van der Waals surface area contributed by atoms with Gasteiger partial charge in [-0.1, -0.05) is 19.8 Å². The van der Waals surface area contributed by atoms with E-state index in [9.17, 15) is 0 Å². The van der Waals surface area contributed by atoms with Gasteiger partial charge in [-0.25, -0.2) is 0 Å². The molecule has 0 saturated heterocycles. The molecule has 0 amide bonds. The van der Waals surface area contributed by atoms with Gasteiger partial charge in [0.1, 0.15) is 0 Å². The standard InChI is InChI=1S/C15H26N2/c1-3-17-9-5-8-15(17)12-16-11-14-7-4-6-13(2)10-14/h5,8-9,13-14,16H,3-4,6-7,10-12H2,1-2H3. The Hall–Kier alpha value is -0.760. The Balaban J connectivity index is 1.72. The molecule has 96 valence electrons. The molecular formula is C15H26N2. The van der Waals surface area contributed by atoms with Crippen LogP contribution in [0.4, 0.5) is 0 Å². The highest BCUT2D eigenvalue weighted by Crippen LogP contribution is 2.27. The summed E-state index contributed by atoms with van der Waals surface area (Å²) in [6, 6.07) is 4.36. The summed E-state index contributed by atoms with van der Waals surface area (Å²) in [5.41, 5.74) is 1.41. The predicted octanol–water partition coefficient (Wildman–Crippen LogP) is 3.42. The number of hydrogen-bond acceptors (Lipinski definition) is 1. The van der Waals surface area contributed by atoms with E-state index in [2.05, 4.69) is 42.1 Å². The minimum absolute atomic E-state index is 0.906. The van der Waals surface area contributed by atoms with Gasteiger partial charge >= 0.3 is 0 Å². The Morgan fingerprint density at radius 3 is 3.06 bits per heavy atom. The lowest BCUT2D eigenvalue weighted by atomic mass is 9.82. The normalized spacial score (nSPS) is 25.1. The third-order valence-electron chi connectivity index (χ3n) is 4.05. The van der Waals surface area contributed by atoms with E-state index >= 15 is 0 Å². The Bertz CT molecular complexity index is 329. The third kappa shape index (κ3) is 3.60. The summed E-state index contributed by atoms with van der Waals surface area (Å²) in [5.74, 6) is 1.85. The first-order chi connectivity index (χ1) is 8.29. The van der Waals surface area contributed by atoms with Gasteiger partial charge in [-0.15, -0.1) is 0 Å². The topological polar surface area (TPSA) is 17.0 Å². The lowest BCUT2D eigenvalue weighted by Gasteiger charge is -2.26. The van der Waals surface area contributed by atoms with Crippen LogP contribution in [0.3, 0.4) is 0 Å². The van der Waals surface area contributed by atoms with Gasteiger partial charge in [-0.3, -0.25) is 0 Å². The van der Waals surface area contributed by atoms with E-state index in [1.54, 1.807) is 0 Å². The van der Waals surface area contributed by atoms with E-state index in [0.717, 1.165) is 24.9 Å². The van der Waals surface area contributed by atoms with Crippen LogP contribution in [0.5, 0.6) is 0 Å². The fraction of sp³-hybridized carbons (Fsp3) is 0.733. The Morgan fingerprint density at radius 1 is 1.41 bits per heavy atom. The molecule has 0 radical (unpaired) electrons. The van der Waals surface area contributed by atoms with Crippen molar-refractivity contribution in [2.45, 2.75) is 52.6 Å². The zero-order valence-corrected chi connectivity index (χ0v) is 11.3. The Labute approximate surface area is 105 Å². The van der Waals surface area contributed by atoms with Crippen LogP contribution >= 0.6 is 0 Å². The molecule has 0 spiro atoms. The lowest BCUT2D eigenvalue weighted by Crippen LogP contribution is -2.27. The smallest absolute Gasteiger partial charge is 0.0359 e. The number of hydrogen-bond donors (Lipinski definition) is 1. The maximum absolute atomic E-state index is 3.63. The molecule has 0 aliphatic heterocycles. The number of nitrogens with zero attached hydrogens (tertiary/aromatic N) is 1. The van der Waals surface area contributed by atoms with E-state index in [4.69, 9.17) is 0 Å². The van der Waals surface area contributed by atoms with E-state index in [-0.39, 0.29) is 0 Å². The molecule has 2 heteroatoms. The zero-order valence-electron chi connectivity index (χ0n) is 11.3. The summed E-state index contributed by atoms with van der Waals surface area (Å²) in [6.07, 6.45) is 7.88. The molecule has 1 aromatic rings. The van der Waals surface area contributed by atoms with Crippen molar-refractivity contribution < 1.29 is 0 Å². The number of aromatic nitrogens is 1. The molecule has 2 nitrogen and oxygen atoms in total. The average Bonchev–Trinajstić information content (AvgIpc) is 2.77. The first-order valence-corrected chi connectivity index (χ1v) is 7.14. The van der Waals surface area contributed by atoms with Crippen LogP contribution in [0.1, 0.15) is 45.2 Å². The summed E-state index contributed by atoms with van der Waals surface area (Å²) in [4.78, 5) is 0. The van der Waals surface area contributed by atoms with E-state index in [1.165, 1.54) is 37.9 Å². The molecule has 1 aliphatic rings. The van der Waals surface area contributed by atoms with Gasteiger partial charge in [0.05, 0.1) is 0 Å².